The number of nitrogens with zero attached hydrogens (tertiary/aromatic N) is 5. The van der Waals surface area contributed by atoms with Gasteiger partial charge in [0.2, 0.25) is 0 Å². The minimum atomic E-state index is 0. The summed E-state index contributed by atoms with van der Waals surface area (Å²) in [4.78, 5) is 11.1. The maximum Gasteiger partial charge on any atom is 0.191 e. The molecule has 128 valence electrons. The van der Waals surface area contributed by atoms with E-state index in [1.165, 1.54) is 6.42 Å². The molecule has 2 N–H and O–H groups in total. The largest absolute Gasteiger partial charge is 0.357 e. The van der Waals surface area contributed by atoms with Crippen molar-refractivity contribution in [2.45, 2.75) is 33.7 Å². The van der Waals surface area contributed by atoms with Gasteiger partial charge in [0.15, 0.2) is 5.96 Å². The van der Waals surface area contributed by atoms with Crippen LogP contribution in [0.2, 0.25) is 0 Å². The van der Waals surface area contributed by atoms with Crippen molar-refractivity contribution < 1.29 is 0 Å². The van der Waals surface area contributed by atoms with E-state index in [1.54, 1.807) is 11.0 Å². The predicted octanol–water partition coefficient (Wildman–Crippen LogP) is 1.22. The Kier molecular flexibility index (Phi) is 12.1. The zero-order chi connectivity index (χ0) is 15.5. The summed E-state index contributed by atoms with van der Waals surface area (Å²) in [5.41, 5.74) is 0. The number of likely N-dealkylation sites (N-methyl/N-ethyl adjacent to an activating group) is 1. The van der Waals surface area contributed by atoms with Crippen LogP contribution in [0.25, 0.3) is 0 Å². The van der Waals surface area contributed by atoms with Crippen molar-refractivity contribution in [1.29, 1.82) is 0 Å². The molecule has 1 rings (SSSR count). The minimum Gasteiger partial charge on any atom is -0.357 e. The molecule has 1 aromatic heterocycles. The molecule has 0 radical (unpaired) electrons. The molecule has 7 nitrogen and oxygen atoms in total. The summed E-state index contributed by atoms with van der Waals surface area (Å²) in [5, 5.41) is 10.7. The molecule has 0 aromatic carbocycles. The van der Waals surface area contributed by atoms with Crippen molar-refractivity contribution in [2.24, 2.45) is 12.0 Å². The number of halogens is 1. The van der Waals surface area contributed by atoms with Crippen LogP contribution in [-0.4, -0.2) is 58.3 Å². The first-order valence-electron chi connectivity index (χ1n) is 7.78. The Hall–Kier alpha value is -0.900. The molecule has 22 heavy (non-hydrogen) atoms. The van der Waals surface area contributed by atoms with E-state index in [-0.39, 0.29) is 24.0 Å². The van der Waals surface area contributed by atoms with Crippen LogP contribution in [0.5, 0.6) is 0 Å². The molecule has 0 fully saturated rings. The van der Waals surface area contributed by atoms with Crippen molar-refractivity contribution >= 4 is 29.9 Å². The zero-order valence-corrected chi connectivity index (χ0v) is 16.5. The summed E-state index contributed by atoms with van der Waals surface area (Å²) >= 11 is 0. The smallest absolute Gasteiger partial charge is 0.191 e. The molecule has 0 unspecified atom stereocenters. The second kappa shape index (κ2) is 12.6. The highest BCUT2D eigenvalue weighted by atomic mass is 127. The lowest BCUT2D eigenvalue weighted by molar-refractivity contribution is 0.293. The molecule has 1 heterocycles. The van der Waals surface area contributed by atoms with Crippen molar-refractivity contribution in [3.63, 3.8) is 0 Å². The van der Waals surface area contributed by atoms with Gasteiger partial charge in [-0.05, 0) is 26.4 Å². The van der Waals surface area contributed by atoms with Crippen molar-refractivity contribution in [3.05, 3.63) is 12.2 Å². The Bertz CT molecular complexity index is 419. The quantitative estimate of drug-likeness (QED) is 0.355. The van der Waals surface area contributed by atoms with E-state index in [1.807, 2.05) is 7.05 Å². The number of guanidine groups is 1. The molecule has 0 bridgehead atoms. The van der Waals surface area contributed by atoms with Gasteiger partial charge in [-0.15, -0.1) is 24.0 Å². The number of hydrogen-bond donors (Lipinski definition) is 2. The first-order valence-corrected chi connectivity index (χ1v) is 7.78. The molecule has 0 atom stereocenters. The van der Waals surface area contributed by atoms with E-state index in [2.05, 4.69) is 51.4 Å². The average Bonchev–Trinajstić information content (AvgIpc) is 2.89. The number of nitrogens with one attached hydrogen (secondary N) is 2. The minimum absolute atomic E-state index is 0. The highest BCUT2D eigenvalue weighted by Crippen LogP contribution is 1.93. The molecule has 0 saturated carbocycles. The third kappa shape index (κ3) is 7.92. The number of aromatic nitrogens is 3. The molecule has 0 aliphatic rings. The van der Waals surface area contributed by atoms with Crippen molar-refractivity contribution in [1.82, 2.24) is 30.3 Å². The Balaban J connectivity index is 0.00000441. The standard InChI is InChI=1S/C14H29N7.HI/c1-5-9-21(7-3)10-8-16-14(15-6-2)17-11-13-18-12-19-20(13)4;/h12H,5-11H2,1-4H3,(H2,15,16,17);1H. The lowest BCUT2D eigenvalue weighted by Gasteiger charge is -2.20. The highest BCUT2D eigenvalue weighted by molar-refractivity contribution is 14.0. The lowest BCUT2D eigenvalue weighted by atomic mass is 10.4. The summed E-state index contributed by atoms with van der Waals surface area (Å²) in [7, 11) is 1.88. The van der Waals surface area contributed by atoms with Gasteiger partial charge < -0.3 is 15.5 Å². The maximum atomic E-state index is 4.54. The van der Waals surface area contributed by atoms with Gasteiger partial charge in [-0.3, -0.25) is 4.68 Å². The number of rotatable bonds is 9. The van der Waals surface area contributed by atoms with Crippen LogP contribution in [0.15, 0.2) is 11.3 Å². The molecule has 0 saturated heterocycles. The molecule has 0 spiro atoms. The fourth-order valence-corrected chi connectivity index (χ4v) is 2.03. The van der Waals surface area contributed by atoms with Gasteiger partial charge >= 0.3 is 0 Å². The van der Waals surface area contributed by atoms with Crippen LogP contribution in [-0.2, 0) is 13.6 Å². The normalized spacial score (nSPS) is 11.4. The number of aliphatic imine (C=N–C) groups is 1. The Morgan fingerprint density at radius 1 is 1.27 bits per heavy atom. The monoisotopic (exact) mass is 423 g/mol. The van der Waals surface area contributed by atoms with Crippen LogP contribution in [0.4, 0.5) is 0 Å². The van der Waals surface area contributed by atoms with Gasteiger partial charge in [0.25, 0.3) is 0 Å². The van der Waals surface area contributed by atoms with E-state index in [0.29, 0.717) is 6.54 Å². The van der Waals surface area contributed by atoms with Gasteiger partial charge in [0.1, 0.15) is 18.7 Å². The second-order valence-electron chi connectivity index (χ2n) is 4.86. The number of aryl methyl sites for hydroxylation is 1. The van der Waals surface area contributed by atoms with E-state index in [4.69, 9.17) is 0 Å². The predicted molar refractivity (Wildman–Crippen MR) is 102 cm³/mol. The average molecular weight is 423 g/mol. The van der Waals surface area contributed by atoms with E-state index in [0.717, 1.165) is 44.5 Å². The Morgan fingerprint density at radius 2 is 2.05 bits per heavy atom. The topological polar surface area (TPSA) is 70.4 Å². The lowest BCUT2D eigenvalue weighted by Crippen LogP contribution is -2.41. The first-order chi connectivity index (χ1) is 10.2. The van der Waals surface area contributed by atoms with Gasteiger partial charge in [-0.2, -0.15) is 5.10 Å². The van der Waals surface area contributed by atoms with Gasteiger partial charge in [0, 0.05) is 26.7 Å². The second-order valence-corrected chi connectivity index (χ2v) is 4.86. The summed E-state index contributed by atoms with van der Waals surface area (Å²) in [6, 6.07) is 0. The molecule has 0 amide bonds. The Labute approximate surface area is 151 Å². The van der Waals surface area contributed by atoms with Gasteiger partial charge in [-0.1, -0.05) is 13.8 Å². The van der Waals surface area contributed by atoms with Crippen molar-refractivity contribution in [3.8, 4) is 0 Å². The zero-order valence-electron chi connectivity index (χ0n) is 14.2. The maximum absolute atomic E-state index is 4.54. The first kappa shape index (κ1) is 21.1. The van der Waals surface area contributed by atoms with Gasteiger partial charge in [-0.25, -0.2) is 9.98 Å². The van der Waals surface area contributed by atoms with Gasteiger partial charge in [0.05, 0.1) is 0 Å². The van der Waals surface area contributed by atoms with E-state index in [9.17, 15) is 0 Å². The van der Waals surface area contributed by atoms with Crippen LogP contribution in [0.3, 0.4) is 0 Å². The summed E-state index contributed by atoms with van der Waals surface area (Å²) in [6.07, 6.45) is 2.74. The molecule has 1 aromatic rings. The molecular formula is C14H30IN7. The highest BCUT2D eigenvalue weighted by Gasteiger charge is 2.03. The SMILES string of the molecule is CCCN(CC)CCNC(=NCc1ncnn1C)NCC.I. The van der Waals surface area contributed by atoms with Crippen LogP contribution in [0.1, 0.15) is 33.0 Å². The third-order valence-electron chi connectivity index (χ3n) is 3.24. The molecule has 8 heteroatoms. The summed E-state index contributed by atoms with van der Waals surface area (Å²) < 4.78 is 1.74. The summed E-state index contributed by atoms with van der Waals surface area (Å²) in [6.45, 7) is 12.0. The Morgan fingerprint density at radius 3 is 2.59 bits per heavy atom. The van der Waals surface area contributed by atoms with Crippen LogP contribution < -0.4 is 10.6 Å². The van der Waals surface area contributed by atoms with E-state index >= 15 is 0 Å². The van der Waals surface area contributed by atoms with E-state index < -0.39 is 0 Å². The van der Waals surface area contributed by atoms with Crippen LogP contribution in [0, 0.1) is 0 Å². The summed E-state index contributed by atoms with van der Waals surface area (Å²) in [5.74, 6) is 1.68. The molecule has 0 aliphatic heterocycles. The molecule has 0 aliphatic carbocycles. The number of hydrogen-bond acceptors (Lipinski definition) is 4. The fourth-order valence-electron chi connectivity index (χ4n) is 2.03. The van der Waals surface area contributed by atoms with Crippen LogP contribution >= 0.6 is 24.0 Å². The third-order valence-corrected chi connectivity index (χ3v) is 3.24. The van der Waals surface area contributed by atoms with Crippen molar-refractivity contribution in [2.75, 3.05) is 32.7 Å². The molecular weight excluding hydrogens is 393 g/mol. The fraction of sp³-hybridized carbons (Fsp3) is 0.786.